The highest BCUT2D eigenvalue weighted by atomic mass is 79.9. The minimum atomic E-state index is -1.15. The van der Waals surface area contributed by atoms with Gasteiger partial charge in [0.1, 0.15) is 11.6 Å². The van der Waals surface area contributed by atoms with Crippen molar-refractivity contribution in [1.82, 2.24) is 9.80 Å². The zero-order chi connectivity index (χ0) is 25.8. The Morgan fingerprint density at radius 2 is 2.09 bits per heavy atom. The van der Waals surface area contributed by atoms with Gasteiger partial charge in [0.15, 0.2) is 0 Å². The van der Waals surface area contributed by atoms with Crippen molar-refractivity contribution in [3.05, 3.63) is 25.3 Å². The normalized spacial score (nSPS) is 31.8. The number of alkyl halides is 1. The molecule has 0 radical (unpaired) electrons. The number of amides is 2. The number of carbonyl (C=O) groups is 3. The van der Waals surface area contributed by atoms with Crippen LogP contribution in [0.15, 0.2) is 25.3 Å². The molecule has 3 unspecified atom stereocenters. The number of halogens is 1. The van der Waals surface area contributed by atoms with E-state index in [2.05, 4.69) is 36.0 Å². The number of likely N-dealkylation sites (tertiary alicyclic amines) is 1. The summed E-state index contributed by atoms with van der Waals surface area (Å²) in [5.74, 6) is -2.62. The molecule has 3 aliphatic heterocycles. The van der Waals surface area contributed by atoms with Crippen molar-refractivity contribution < 1.29 is 29.0 Å². The highest BCUT2D eigenvalue weighted by Crippen LogP contribution is 2.60. The number of rotatable bonds is 14. The first kappa shape index (κ1) is 27.9. The topological polar surface area (TPSA) is 96.4 Å². The number of hydrogen-bond donors (Lipinski definition) is 1. The first-order chi connectivity index (χ1) is 16.8. The van der Waals surface area contributed by atoms with Gasteiger partial charge in [-0.25, -0.2) is 0 Å². The van der Waals surface area contributed by atoms with Gasteiger partial charge in [-0.15, -0.1) is 13.2 Å². The average molecular weight is 556 g/mol. The van der Waals surface area contributed by atoms with Crippen molar-refractivity contribution in [3.63, 3.8) is 0 Å². The van der Waals surface area contributed by atoms with Gasteiger partial charge in [-0.3, -0.25) is 14.4 Å². The molecule has 0 saturated carbocycles. The number of hydrogen-bond acceptors (Lipinski definition) is 6. The maximum atomic E-state index is 14.1. The molecule has 0 aromatic carbocycles. The molecule has 0 aromatic heterocycles. The lowest BCUT2D eigenvalue weighted by Crippen LogP contribution is -2.59. The molecule has 35 heavy (non-hydrogen) atoms. The van der Waals surface area contributed by atoms with E-state index < -0.39 is 41.6 Å². The summed E-state index contributed by atoms with van der Waals surface area (Å²) in [6.07, 6.45) is 6.90. The molecule has 3 saturated heterocycles. The number of aliphatic hydroxyl groups excluding tert-OH is 1. The lowest BCUT2D eigenvalue weighted by molar-refractivity contribution is -0.156. The van der Waals surface area contributed by atoms with Crippen LogP contribution in [-0.4, -0.2) is 87.6 Å². The standard InChI is InChI=1S/C26H39BrN2O6/c1-5-9-11-14-34-25(33)19-20-23(31)29(17(8-4)16-30)22(26(20)15-18(27)21(19)35-26)24(32)28(12-7-3)13-10-6-2/h5,7,17-22,30H,1,3,6,8-16H2,2,4H3/t17-,18?,19+,20-,21+,22?,26?/m0/s1. The number of esters is 1. The predicted molar refractivity (Wildman–Crippen MR) is 136 cm³/mol. The van der Waals surface area contributed by atoms with Gasteiger partial charge < -0.3 is 24.4 Å². The van der Waals surface area contributed by atoms with Crippen molar-refractivity contribution in [1.29, 1.82) is 0 Å². The van der Waals surface area contributed by atoms with Crippen molar-refractivity contribution >= 4 is 33.7 Å². The summed E-state index contributed by atoms with van der Waals surface area (Å²) in [6, 6.07) is -1.47. The van der Waals surface area contributed by atoms with Crippen LogP contribution in [0.2, 0.25) is 0 Å². The molecule has 8 nitrogen and oxygen atoms in total. The Morgan fingerprint density at radius 3 is 2.69 bits per heavy atom. The number of allylic oxidation sites excluding steroid dienone is 1. The van der Waals surface area contributed by atoms with Gasteiger partial charge in [-0.1, -0.05) is 48.4 Å². The van der Waals surface area contributed by atoms with Gasteiger partial charge in [0.25, 0.3) is 0 Å². The minimum Gasteiger partial charge on any atom is -0.465 e. The zero-order valence-corrected chi connectivity index (χ0v) is 22.5. The highest BCUT2D eigenvalue weighted by molar-refractivity contribution is 9.09. The molecule has 7 atom stereocenters. The van der Waals surface area contributed by atoms with Crippen molar-refractivity contribution in [3.8, 4) is 0 Å². The molecule has 1 spiro atoms. The Kier molecular flexibility index (Phi) is 9.57. The average Bonchev–Trinajstić information content (AvgIpc) is 3.43. The van der Waals surface area contributed by atoms with Crippen molar-refractivity contribution in [2.24, 2.45) is 11.8 Å². The lowest BCUT2D eigenvalue weighted by Gasteiger charge is -2.39. The molecule has 3 rings (SSSR count). The van der Waals surface area contributed by atoms with Gasteiger partial charge >= 0.3 is 5.97 Å². The monoisotopic (exact) mass is 554 g/mol. The molecule has 2 amide bonds. The number of ether oxygens (including phenoxy) is 2. The molecule has 1 N–H and O–H groups in total. The Morgan fingerprint density at radius 1 is 1.34 bits per heavy atom. The molecule has 0 aliphatic carbocycles. The Balaban J connectivity index is 2.00. The number of carbonyl (C=O) groups excluding carboxylic acids is 3. The molecule has 2 bridgehead atoms. The first-order valence-electron chi connectivity index (χ1n) is 12.7. The molecule has 196 valence electrons. The summed E-state index contributed by atoms with van der Waals surface area (Å²) < 4.78 is 12.0. The van der Waals surface area contributed by atoms with Crippen molar-refractivity contribution in [2.45, 2.75) is 81.0 Å². The maximum Gasteiger partial charge on any atom is 0.312 e. The lowest BCUT2D eigenvalue weighted by atomic mass is 9.70. The van der Waals surface area contributed by atoms with E-state index in [1.165, 1.54) is 4.90 Å². The first-order valence-corrected chi connectivity index (χ1v) is 13.7. The number of nitrogens with zero attached hydrogens (tertiary/aromatic N) is 2. The van der Waals surface area contributed by atoms with Crippen LogP contribution in [0.5, 0.6) is 0 Å². The van der Waals surface area contributed by atoms with E-state index in [4.69, 9.17) is 9.47 Å². The second-order valence-corrected chi connectivity index (χ2v) is 10.9. The molecule has 3 fully saturated rings. The van der Waals surface area contributed by atoms with E-state index in [9.17, 15) is 19.5 Å². The molecule has 0 aromatic rings. The summed E-state index contributed by atoms with van der Waals surface area (Å²) in [4.78, 5) is 44.3. The van der Waals surface area contributed by atoms with E-state index in [0.29, 0.717) is 32.4 Å². The minimum absolute atomic E-state index is 0.190. The van der Waals surface area contributed by atoms with E-state index in [1.807, 2.05) is 6.92 Å². The second-order valence-electron chi connectivity index (χ2n) is 9.68. The van der Waals surface area contributed by atoms with Crippen LogP contribution in [0.25, 0.3) is 0 Å². The van der Waals surface area contributed by atoms with Crippen LogP contribution in [0.3, 0.4) is 0 Å². The summed E-state index contributed by atoms with van der Waals surface area (Å²) in [6.45, 7) is 12.3. The van der Waals surface area contributed by atoms with Crippen LogP contribution >= 0.6 is 15.9 Å². The predicted octanol–water partition coefficient (Wildman–Crippen LogP) is 2.83. The third-order valence-corrected chi connectivity index (χ3v) is 8.39. The summed E-state index contributed by atoms with van der Waals surface area (Å²) in [5.41, 5.74) is -1.15. The summed E-state index contributed by atoms with van der Waals surface area (Å²) in [7, 11) is 0. The number of aliphatic hydroxyl groups is 1. The van der Waals surface area contributed by atoms with E-state index in [-0.39, 0.29) is 29.9 Å². The fourth-order valence-corrected chi connectivity index (χ4v) is 6.83. The number of unbranched alkanes of at least 4 members (excludes halogenated alkanes) is 2. The van der Waals surface area contributed by atoms with Crippen LogP contribution in [-0.2, 0) is 23.9 Å². The molecular formula is C26H39BrN2O6. The zero-order valence-electron chi connectivity index (χ0n) is 20.9. The van der Waals surface area contributed by atoms with Gasteiger partial charge in [0.05, 0.1) is 37.2 Å². The van der Waals surface area contributed by atoms with E-state index in [1.54, 1.807) is 17.1 Å². The smallest absolute Gasteiger partial charge is 0.312 e. The molecular weight excluding hydrogens is 516 g/mol. The molecule has 3 heterocycles. The Bertz CT molecular complexity index is 818. The van der Waals surface area contributed by atoms with Crippen molar-refractivity contribution in [2.75, 3.05) is 26.3 Å². The van der Waals surface area contributed by atoms with Gasteiger partial charge in [-0.2, -0.15) is 0 Å². The van der Waals surface area contributed by atoms with E-state index >= 15 is 0 Å². The Hall–Kier alpha value is -1.71. The SMILES string of the molecule is C=CCCCOC(=O)[C@H]1[C@@H]2OC3(CC2Br)C(C(=O)N(CC=C)CCCC)N([C@@H](CC)CO)C(=O)[C@H]13. The highest BCUT2D eigenvalue weighted by Gasteiger charge is 2.77. The largest absolute Gasteiger partial charge is 0.465 e. The fourth-order valence-electron chi connectivity index (χ4n) is 5.89. The quantitative estimate of drug-likeness (QED) is 0.153. The van der Waals surface area contributed by atoms with Gasteiger partial charge in [0.2, 0.25) is 11.8 Å². The van der Waals surface area contributed by atoms with Gasteiger partial charge in [-0.05, 0) is 32.1 Å². The maximum absolute atomic E-state index is 14.1. The summed E-state index contributed by atoms with van der Waals surface area (Å²) >= 11 is 3.66. The third-order valence-electron chi connectivity index (χ3n) is 7.55. The molecule has 9 heteroatoms. The number of fused-ring (bicyclic) bond motifs is 1. The van der Waals surface area contributed by atoms with Crippen LogP contribution in [0.4, 0.5) is 0 Å². The van der Waals surface area contributed by atoms with Crippen LogP contribution in [0, 0.1) is 11.8 Å². The van der Waals surface area contributed by atoms with Crippen LogP contribution in [0.1, 0.15) is 52.4 Å². The van der Waals surface area contributed by atoms with E-state index in [0.717, 1.165) is 19.3 Å². The second kappa shape index (κ2) is 12.0. The summed E-state index contributed by atoms with van der Waals surface area (Å²) in [5, 5.41) is 10.1. The van der Waals surface area contributed by atoms with Crippen LogP contribution < -0.4 is 0 Å². The van der Waals surface area contributed by atoms with Gasteiger partial charge in [0, 0.05) is 17.9 Å². The third kappa shape index (κ3) is 4.96. The Labute approximate surface area is 216 Å². The fraction of sp³-hybridized carbons (Fsp3) is 0.731. The molecule has 3 aliphatic rings.